The number of ether oxygens (including phenoxy) is 2. The van der Waals surface area contributed by atoms with Gasteiger partial charge in [0.25, 0.3) is 12.6 Å². The highest BCUT2D eigenvalue weighted by molar-refractivity contribution is 5.93. The monoisotopic (exact) mass is 428 g/mol. The maximum absolute atomic E-state index is 12.1. The lowest BCUT2D eigenvalue weighted by molar-refractivity contribution is -0.976. The van der Waals surface area contributed by atoms with Gasteiger partial charge in [0.2, 0.25) is 0 Å². The molecule has 0 spiro atoms. The van der Waals surface area contributed by atoms with Crippen LogP contribution in [0.4, 0.5) is 4.79 Å². The molecule has 1 heterocycles. The molecule has 1 aliphatic carbocycles. The topological polar surface area (TPSA) is 156 Å². The van der Waals surface area contributed by atoms with Gasteiger partial charge in [-0.05, 0) is 13.0 Å². The van der Waals surface area contributed by atoms with Crippen LogP contribution < -0.4 is 15.2 Å². The van der Waals surface area contributed by atoms with Gasteiger partial charge in [-0.1, -0.05) is 0 Å². The number of aromatic nitrogens is 1. The standard InChI is InChI=1S/C17H22N4O9/c1-3-28-15(24)17(9-13(17)22)19-16(25)29-11-20-7-4-5-12(10-20)14(23)18-6-8-30-21(26)27-2/h4-5,7,10,13,22H,3,6,8-9,11H2,1-2H3/p+2. The smallest absolute Gasteiger partial charge is 0.464 e. The minimum absolute atomic E-state index is 0.0436. The van der Waals surface area contributed by atoms with Crippen LogP contribution in [0.5, 0.6) is 0 Å². The van der Waals surface area contributed by atoms with Gasteiger partial charge in [-0.25, -0.2) is 9.59 Å². The fraction of sp³-hybridized carbons (Fsp3) is 0.529. The molecule has 13 heteroatoms. The Balaban J connectivity index is 1.82. The number of amides is 2. The summed E-state index contributed by atoms with van der Waals surface area (Å²) in [6.45, 7) is 1.45. The maximum atomic E-state index is 12.1. The van der Waals surface area contributed by atoms with Crippen molar-refractivity contribution in [3.8, 4) is 0 Å². The Kier molecular flexibility index (Phi) is 7.86. The summed E-state index contributed by atoms with van der Waals surface area (Å²) in [5.41, 5.74) is -1.21. The molecule has 3 N–H and O–H groups in total. The zero-order valence-electron chi connectivity index (χ0n) is 16.5. The quantitative estimate of drug-likeness (QED) is 0.169. The first kappa shape index (κ1) is 22.8. The molecule has 0 saturated heterocycles. The lowest BCUT2D eigenvalue weighted by atomic mass is 10.2. The van der Waals surface area contributed by atoms with E-state index in [1.807, 2.05) is 0 Å². The summed E-state index contributed by atoms with van der Waals surface area (Å²) in [4.78, 5) is 55.5. The molecular weight excluding hydrogens is 404 g/mol. The lowest BCUT2D eigenvalue weighted by Gasteiger charge is -2.15. The number of aliphatic hydroxyl groups excluding tert-OH is 1. The molecule has 0 radical (unpaired) electrons. The van der Waals surface area contributed by atoms with Gasteiger partial charge in [0.05, 0.1) is 19.3 Å². The normalized spacial score (nSPS) is 19.2. The van der Waals surface area contributed by atoms with Gasteiger partial charge in [0.15, 0.2) is 31.6 Å². The predicted octanol–water partition coefficient (Wildman–Crippen LogP) is -1.27. The number of pyridine rings is 1. The second kappa shape index (κ2) is 10.3. The largest absolute Gasteiger partial charge is 0.477 e. The fourth-order valence-electron chi connectivity index (χ4n) is 2.44. The summed E-state index contributed by atoms with van der Waals surface area (Å²) >= 11 is 0. The average molecular weight is 428 g/mol. The van der Waals surface area contributed by atoms with Gasteiger partial charge in [-0.2, -0.15) is 14.2 Å². The van der Waals surface area contributed by atoms with E-state index >= 15 is 0 Å². The molecule has 30 heavy (non-hydrogen) atoms. The third-order valence-corrected chi connectivity index (χ3v) is 4.09. The van der Waals surface area contributed by atoms with Crippen molar-refractivity contribution < 1.29 is 48.3 Å². The summed E-state index contributed by atoms with van der Waals surface area (Å²) in [6, 6.07) is 3.11. The molecule has 0 bridgehead atoms. The Bertz CT molecular complexity index is 803. The van der Waals surface area contributed by atoms with Crippen molar-refractivity contribution in [2.75, 3.05) is 26.9 Å². The zero-order chi connectivity index (χ0) is 22.1. The Hall–Kier alpha value is -3.48. The number of esters is 1. The highest BCUT2D eigenvalue weighted by atomic mass is 17.0. The Morgan fingerprint density at radius 3 is 2.73 bits per heavy atom. The highest BCUT2D eigenvalue weighted by Crippen LogP contribution is 2.37. The van der Waals surface area contributed by atoms with Crippen LogP contribution in [0.15, 0.2) is 24.5 Å². The van der Waals surface area contributed by atoms with Crippen LogP contribution in [-0.4, -0.2) is 66.7 Å². The number of nitrogens with one attached hydrogen (secondary N) is 2. The molecule has 1 fully saturated rings. The number of carbonyl (C=O) groups excluding carboxylic acids is 3. The molecule has 1 aliphatic rings. The molecule has 13 nitrogen and oxygen atoms in total. The second-order valence-electron chi connectivity index (χ2n) is 6.20. The first-order chi connectivity index (χ1) is 14.3. The van der Waals surface area contributed by atoms with Crippen molar-refractivity contribution in [2.45, 2.75) is 31.7 Å². The third-order valence-electron chi connectivity index (χ3n) is 4.09. The number of rotatable bonds is 11. The van der Waals surface area contributed by atoms with E-state index in [-0.39, 0.29) is 43.6 Å². The van der Waals surface area contributed by atoms with Gasteiger partial charge in [-0.3, -0.25) is 4.79 Å². The van der Waals surface area contributed by atoms with Crippen LogP contribution in [0.3, 0.4) is 0 Å². The molecule has 2 amide bonds. The number of hydrogen-bond acceptors (Lipinski definition) is 9. The molecule has 2 unspecified atom stereocenters. The molecule has 2 rings (SSSR count). The van der Waals surface area contributed by atoms with Gasteiger partial charge in [0, 0.05) is 12.5 Å². The predicted molar refractivity (Wildman–Crippen MR) is 95.2 cm³/mol. The van der Waals surface area contributed by atoms with E-state index < -0.39 is 29.6 Å². The van der Waals surface area contributed by atoms with Crippen molar-refractivity contribution in [3.05, 3.63) is 35.0 Å². The van der Waals surface area contributed by atoms with E-state index in [4.69, 9.17) is 9.47 Å². The second-order valence-corrected chi connectivity index (χ2v) is 6.20. The average Bonchev–Trinajstić information content (AvgIpc) is 3.39. The third kappa shape index (κ3) is 6.01. The Morgan fingerprint density at radius 1 is 1.37 bits per heavy atom. The van der Waals surface area contributed by atoms with Crippen molar-refractivity contribution in [1.82, 2.24) is 10.6 Å². The van der Waals surface area contributed by atoms with E-state index in [2.05, 4.69) is 20.3 Å². The molecule has 1 saturated carbocycles. The molecular formula is C17H24N4O9+2. The summed E-state index contributed by atoms with van der Waals surface area (Å²) < 4.78 is 11.3. The van der Waals surface area contributed by atoms with Crippen LogP contribution in [0.1, 0.15) is 23.7 Å². The minimum atomic E-state index is -1.48. The molecule has 164 valence electrons. The number of nitrogens with zero attached hydrogens (tertiary/aromatic N) is 2. The molecule has 2 atom stereocenters. The number of hydrogen-bond donors (Lipinski definition) is 3. The van der Waals surface area contributed by atoms with Crippen LogP contribution in [-0.2, 0) is 30.7 Å². The first-order valence-corrected chi connectivity index (χ1v) is 9.04. The van der Waals surface area contributed by atoms with Crippen molar-refractivity contribution in [2.24, 2.45) is 0 Å². The Morgan fingerprint density at radius 2 is 2.10 bits per heavy atom. The van der Waals surface area contributed by atoms with E-state index in [0.29, 0.717) is 0 Å². The maximum Gasteiger partial charge on any atom is 0.477 e. The van der Waals surface area contributed by atoms with Crippen molar-refractivity contribution in [3.63, 3.8) is 0 Å². The van der Waals surface area contributed by atoms with Crippen molar-refractivity contribution in [1.29, 1.82) is 0 Å². The highest BCUT2D eigenvalue weighted by Gasteiger charge is 2.62. The minimum Gasteiger partial charge on any atom is -0.464 e. The summed E-state index contributed by atoms with van der Waals surface area (Å²) in [6.07, 6.45) is 1.09. The first-order valence-electron chi connectivity index (χ1n) is 9.04. The summed E-state index contributed by atoms with van der Waals surface area (Å²) in [7, 11) is 1.14. The SMILES string of the molecule is CCOC(=O)C1(NC(=O)OC[n+]2cccc(C(=O)NCCO[N+](=O)OC)c2)CC1O. The van der Waals surface area contributed by atoms with Crippen LogP contribution in [0.2, 0.25) is 0 Å². The van der Waals surface area contributed by atoms with Crippen LogP contribution >= 0.6 is 0 Å². The molecule has 0 aromatic carbocycles. The van der Waals surface area contributed by atoms with Crippen molar-refractivity contribution >= 4 is 18.0 Å². The fourth-order valence-corrected chi connectivity index (χ4v) is 2.44. The molecule has 1 aromatic rings. The zero-order valence-corrected chi connectivity index (χ0v) is 16.5. The molecule has 1 aromatic heterocycles. The van der Waals surface area contributed by atoms with Gasteiger partial charge >= 0.3 is 17.1 Å². The molecule has 0 aliphatic heterocycles. The van der Waals surface area contributed by atoms with Crippen LogP contribution in [0, 0.1) is 4.91 Å². The van der Waals surface area contributed by atoms with Gasteiger partial charge in [-0.15, -0.1) is 0 Å². The summed E-state index contributed by atoms with van der Waals surface area (Å²) in [5.74, 6) is -1.16. The van der Waals surface area contributed by atoms with Crippen LogP contribution in [0.25, 0.3) is 0 Å². The summed E-state index contributed by atoms with van der Waals surface area (Å²) in [5, 5.41) is 14.5. The number of carbonyl (C=O) groups is 3. The van der Waals surface area contributed by atoms with E-state index in [1.54, 1.807) is 19.2 Å². The van der Waals surface area contributed by atoms with Gasteiger partial charge < -0.3 is 25.2 Å². The number of aliphatic hydroxyl groups is 1. The van der Waals surface area contributed by atoms with Gasteiger partial charge in [0.1, 0.15) is 10.5 Å². The Labute approximate surface area is 171 Å². The van der Waals surface area contributed by atoms with E-state index in [0.717, 1.165) is 7.11 Å². The van der Waals surface area contributed by atoms with E-state index in [9.17, 15) is 24.4 Å². The van der Waals surface area contributed by atoms with E-state index in [1.165, 1.54) is 16.8 Å². The lowest BCUT2D eigenvalue weighted by Crippen LogP contribution is -2.48. The number of alkyl carbamates (subject to hydrolysis) is 1.